The zero-order valence-electron chi connectivity index (χ0n) is 14.0. The van der Waals surface area contributed by atoms with Crippen LogP contribution in [-0.4, -0.2) is 11.8 Å². The van der Waals surface area contributed by atoms with E-state index in [9.17, 15) is 17.6 Å². The van der Waals surface area contributed by atoms with Gasteiger partial charge < -0.3 is 0 Å². The van der Waals surface area contributed by atoms with Gasteiger partial charge in [-0.3, -0.25) is 0 Å². The molecule has 0 bridgehead atoms. The van der Waals surface area contributed by atoms with Gasteiger partial charge in [0.1, 0.15) is 0 Å². The van der Waals surface area contributed by atoms with Crippen LogP contribution in [0.2, 0.25) is 0 Å². The molecule has 0 amide bonds. The molecule has 0 aliphatic carbocycles. The highest BCUT2D eigenvalue weighted by atomic mass is 19.4. The van der Waals surface area contributed by atoms with Gasteiger partial charge in [-0.15, -0.1) is 0 Å². The summed E-state index contributed by atoms with van der Waals surface area (Å²) in [6, 6.07) is 0. The second kappa shape index (κ2) is 5.88. The number of hydrogen-bond acceptors (Lipinski definition) is 0. The van der Waals surface area contributed by atoms with Crippen LogP contribution in [0.3, 0.4) is 0 Å². The molecule has 0 spiro atoms. The highest BCUT2D eigenvalue weighted by Gasteiger charge is 2.68. The van der Waals surface area contributed by atoms with E-state index in [1.807, 2.05) is 6.92 Å². The van der Waals surface area contributed by atoms with Crippen molar-refractivity contribution >= 4 is 0 Å². The second-order valence-electron chi connectivity index (χ2n) is 7.39. The van der Waals surface area contributed by atoms with E-state index in [2.05, 4.69) is 0 Å². The lowest BCUT2D eigenvalue weighted by atomic mass is 9.51. The van der Waals surface area contributed by atoms with Crippen molar-refractivity contribution in [1.29, 1.82) is 0 Å². The first-order chi connectivity index (χ1) is 9.12. The molecule has 5 heteroatoms. The third-order valence-corrected chi connectivity index (χ3v) is 5.39. The molecule has 0 nitrogen and oxygen atoms in total. The molecule has 0 fully saturated rings. The molecule has 126 valence electrons. The zero-order chi connectivity index (χ0) is 17.3. The van der Waals surface area contributed by atoms with Crippen LogP contribution >= 0.6 is 0 Å². The molecule has 0 radical (unpaired) electrons. The van der Waals surface area contributed by atoms with Gasteiger partial charge in [-0.25, -0.2) is 8.78 Å². The number of halogens is 5. The van der Waals surface area contributed by atoms with E-state index in [4.69, 9.17) is 0 Å². The highest BCUT2D eigenvalue weighted by Crippen LogP contribution is 2.62. The maximum absolute atomic E-state index is 15.6. The summed E-state index contributed by atoms with van der Waals surface area (Å²) < 4.78 is 68.4. The van der Waals surface area contributed by atoms with Gasteiger partial charge in [-0.2, -0.15) is 13.2 Å². The van der Waals surface area contributed by atoms with E-state index in [-0.39, 0.29) is 6.33 Å². The Hall–Kier alpha value is -0.610. The Bertz CT molecular complexity index is 377. The van der Waals surface area contributed by atoms with Crippen LogP contribution in [0.5, 0.6) is 0 Å². The third kappa shape index (κ3) is 3.11. The molecule has 0 aromatic rings. The molecule has 0 saturated carbocycles. The lowest BCUT2D eigenvalue weighted by Gasteiger charge is -2.55. The van der Waals surface area contributed by atoms with Crippen LogP contribution in [0, 0.1) is 16.2 Å². The van der Waals surface area contributed by atoms with Crippen molar-refractivity contribution in [2.75, 3.05) is 0 Å². The summed E-state index contributed by atoms with van der Waals surface area (Å²) in [6.07, 6.45) is -3.23. The van der Waals surface area contributed by atoms with Gasteiger partial charge >= 0.3 is 6.18 Å². The Morgan fingerprint density at radius 3 is 1.52 bits per heavy atom. The number of rotatable bonds is 6. The molecule has 0 N–H and O–H groups in total. The Labute approximate surface area is 124 Å². The Balaban J connectivity index is 6.24. The minimum atomic E-state index is -4.79. The summed E-state index contributed by atoms with van der Waals surface area (Å²) in [5.74, 6) is 0. The van der Waals surface area contributed by atoms with Gasteiger partial charge in [0.05, 0.1) is 11.7 Å². The van der Waals surface area contributed by atoms with Crippen molar-refractivity contribution < 1.29 is 22.0 Å². The molecule has 0 aromatic heterocycles. The predicted octanol–water partition coefficient (Wildman–Crippen LogP) is 6.62. The van der Waals surface area contributed by atoms with E-state index in [0.717, 1.165) is 13.8 Å². The van der Waals surface area contributed by atoms with E-state index in [1.54, 1.807) is 13.8 Å². The quantitative estimate of drug-likeness (QED) is 0.483. The molecular formula is C16H27F5. The van der Waals surface area contributed by atoms with Crippen molar-refractivity contribution in [2.45, 2.75) is 73.2 Å². The van der Waals surface area contributed by atoms with Crippen LogP contribution in [-0.2, 0) is 0 Å². The fraction of sp³-hybridized carbons (Fsp3) is 0.875. The van der Waals surface area contributed by atoms with Crippen molar-refractivity contribution in [1.82, 2.24) is 0 Å². The molecule has 21 heavy (non-hydrogen) atoms. The second-order valence-corrected chi connectivity index (χ2v) is 7.39. The van der Waals surface area contributed by atoms with E-state index < -0.39 is 28.1 Å². The fourth-order valence-electron chi connectivity index (χ4n) is 2.92. The normalized spacial score (nSPS) is 18.1. The monoisotopic (exact) mass is 314 g/mol. The first-order valence-electron chi connectivity index (χ1n) is 7.16. The van der Waals surface area contributed by atoms with Gasteiger partial charge in [0.2, 0.25) is 0 Å². The van der Waals surface area contributed by atoms with Gasteiger partial charge in [-0.05, 0) is 31.8 Å². The predicted molar refractivity (Wildman–Crippen MR) is 76.4 cm³/mol. The van der Waals surface area contributed by atoms with Crippen LogP contribution in [0.25, 0.3) is 0 Å². The summed E-state index contributed by atoms with van der Waals surface area (Å²) in [5, 5.41) is 0. The van der Waals surface area contributed by atoms with Crippen molar-refractivity contribution in [3.63, 3.8) is 0 Å². The van der Waals surface area contributed by atoms with Gasteiger partial charge in [0.25, 0.3) is 0 Å². The smallest absolute Gasteiger partial charge is 0.238 e. The van der Waals surface area contributed by atoms with E-state index in [0.29, 0.717) is 18.9 Å². The average molecular weight is 314 g/mol. The van der Waals surface area contributed by atoms with Crippen LogP contribution in [0.4, 0.5) is 22.0 Å². The Morgan fingerprint density at radius 2 is 1.24 bits per heavy atom. The van der Waals surface area contributed by atoms with E-state index >= 15 is 4.39 Å². The van der Waals surface area contributed by atoms with Crippen LogP contribution in [0.1, 0.15) is 61.3 Å². The summed E-state index contributed by atoms with van der Waals surface area (Å²) in [4.78, 5) is 0. The Kier molecular flexibility index (Phi) is 5.71. The average Bonchev–Trinajstić information content (AvgIpc) is 2.26. The van der Waals surface area contributed by atoms with Crippen molar-refractivity contribution in [3.05, 3.63) is 12.4 Å². The molecule has 0 aromatic carbocycles. The zero-order valence-corrected chi connectivity index (χ0v) is 14.0. The van der Waals surface area contributed by atoms with Gasteiger partial charge in [-0.1, -0.05) is 41.0 Å². The minimum Gasteiger partial charge on any atom is -0.238 e. The van der Waals surface area contributed by atoms with Crippen LogP contribution < -0.4 is 0 Å². The maximum atomic E-state index is 15.6. The van der Waals surface area contributed by atoms with Gasteiger partial charge in [0.15, 0.2) is 5.67 Å². The minimum absolute atomic E-state index is 0.114. The third-order valence-electron chi connectivity index (χ3n) is 5.39. The van der Waals surface area contributed by atoms with Crippen LogP contribution in [0.15, 0.2) is 12.4 Å². The molecule has 0 aliphatic heterocycles. The van der Waals surface area contributed by atoms with Crippen molar-refractivity contribution in [2.24, 2.45) is 16.2 Å². The molecule has 0 aliphatic rings. The van der Waals surface area contributed by atoms with E-state index in [1.165, 1.54) is 13.8 Å². The largest absolute Gasteiger partial charge is 0.397 e. The molecule has 1 unspecified atom stereocenters. The topological polar surface area (TPSA) is 0 Å². The summed E-state index contributed by atoms with van der Waals surface area (Å²) in [6.45, 7) is 9.80. The number of alkyl halides is 4. The Morgan fingerprint density at radius 1 is 0.810 bits per heavy atom. The first-order valence-corrected chi connectivity index (χ1v) is 7.16. The highest BCUT2D eigenvalue weighted by molar-refractivity contribution is 5.19. The molecule has 0 saturated heterocycles. The standard InChI is InChI=1S/C16H27F5/c1-8-9-12(2,3)13(4,5)15(18,10-11-17)14(6,7)16(19,20)21/h10-11H,8-9H2,1-7H3. The molecule has 0 heterocycles. The number of allylic oxidation sites excluding steroid dienone is 1. The molecular weight excluding hydrogens is 287 g/mol. The maximum Gasteiger partial charge on any atom is 0.397 e. The number of hydrogen-bond donors (Lipinski definition) is 0. The summed E-state index contributed by atoms with van der Waals surface area (Å²) in [5.41, 5.74) is -7.74. The molecule has 1 atom stereocenters. The SMILES string of the molecule is CCCC(C)(C)C(C)(C)C(F)(C=CF)C(C)(C)C(F)(F)F. The van der Waals surface area contributed by atoms with Crippen molar-refractivity contribution in [3.8, 4) is 0 Å². The summed E-state index contributed by atoms with van der Waals surface area (Å²) in [7, 11) is 0. The lowest BCUT2D eigenvalue weighted by molar-refractivity contribution is -0.273. The first kappa shape index (κ1) is 20.4. The fourth-order valence-corrected chi connectivity index (χ4v) is 2.92. The molecule has 0 rings (SSSR count). The summed E-state index contributed by atoms with van der Waals surface area (Å²) >= 11 is 0. The van der Waals surface area contributed by atoms with Gasteiger partial charge in [0, 0.05) is 5.41 Å². The lowest BCUT2D eigenvalue weighted by Crippen LogP contribution is -2.61.